The minimum absolute atomic E-state index is 0.508. The molecule has 0 aliphatic rings. The number of nitriles is 1. The predicted octanol–water partition coefficient (Wildman–Crippen LogP) is 1.21. The number of aromatic nitrogens is 3. The number of hydrogen-bond donors (Lipinski definition) is 0. The second-order valence-corrected chi connectivity index (χ2v) is 2.61. The lowest BCUT2D eigenvalue weighted by atomic mass is 10.2. The maximum atomic E-state index is 8.68. The van der Waals surface area contributed by atoms with Crippen molar-refractivity contribution in [2.75, 3.05) is 0 Å². The molecule has 2 aromatic heterocycles. The molecule has 0 aromatic carbocycles. The summed E-state index contributed by atoms with van der Waals surface area (Å²) in [5.74, 6) is 0. The quantitative estimate of drug-likeness (QED) is 0.663. The third kappa shape index (κ3) is 1.57. The average Bonchev–Trinajstić information content (AvgIpc) is 2.30. The standard InChI is InChI=1S/C10H5N4/c11-4-8-3-9(6-13-5-8)10-7-12-1-2-14-10/h1,3,5-7H. The summed E-state index contributed by atoms with van der Waals surface area (Å²) in [7, 11) is 0. The summed E-state index contributed by atoms with van der Waals surface area (Å²) in [5, 5.41) is 8.68. The molecular formula is C10H5N4. The fourth-order valence-electron chi connectivity index (χ4n) is 1.05. The van der Waals surface area contributed by atoms with Gasteiger partial charge in [-0.2, -0.15) is 5.26 Å². The van der Waals surface area contributed by atoms with Crippen molar-refractivity contribution in [1.29, 1.82) is 5.26 Å². The molecule has 1 radical (unpaired) electrons. The Hall–Kier alpha value is -2.28. The molecule has 4 heteroatoms. The van der Waals surface area contributed by atoms with Crippen LogP contribution < -0.4 is 0 Å². The Kier molecular flexibility index (Phi) is 2.15. The Morgan fingerprint density at radius 2 is 2.14 bits per heavy atom. The summed E-state index contributed by atoms with van der Waals surface area (Å²) >= 11 is 0. The van der Waals surface area contributed by atoms with Crippen LogP contribution in [0, 0.1) is 17.5 Å². The molecule has 4 nitrogen and oxygen atoms in total. The monoisotopic (exact) mass is 181 g/mol. The molecule has 0 fully saturated rings. The van der Waals surface area contributed by atoms with E-state index in [-0.39, 0.29) is 0 Å². The van der Waals surface area contributed by atoms with Crippen LogP contribution in [0.3, 0.4) is 0 Å². The molecule has 2 aromatic rings. The SMILES string of the molecule is N#Cc1cncc(-c2cnc[c]n2)c1. The topological polar surface area (TPSA) is 62.5 Å². The molecule has 2 heterocycles. The van der Waals surface area contributed by atoms with Gasteiger partial charge >= 0.3 is 0 Å². The van der Waals surface area contributed by atoms with Gasteiger partial charge < -0.3 is 0 Å². The molecule has 2 rings (SSSR count). The zero-order chi connectivity index (χ0) is 9.80. The van der Waals surface area contributed by atoms with Crippen LogP contribution in [0.2, 0.25) is 0 Å². The molecule has 0 aliphatic heterocycles. The van der Waals surface area contributed by atoms with Crippen molar-refractivity contribution in [2.45, 2.75) is 0 Å². The molecule has 0 unspecified atom stereocenters. The van der Waals surface area contributed by atoms with Gasteiger partial charge in [0.2, 0.25) is 0 Å². The third-order valence-corrected chi connectivity index (χ3v) is 1.68. The Morgan fingerprint density at radius 1 is 1.21 bits per heavy atom. The van der Waals surface area contributed by atoms with Crippen LogP contribution in [0.4, 0.5) is 0 Å². The van der Waals surface area contributed by atoms with Crippen LogP contribution in [0.15, 0.2) is 30.9 Å². The number of pyridine rings is 1. The first-order chi connectivity index (χ1) is 6.90. The molecule has 65 valence electrons. The fraction of sp³-hybridized carbons (Fsp3) is 0. The van der Waals surface area contributed by atoms with Crippen LogP contribution in [0.25, 0.3) is 11.3 Å². The van der Waals surface area contributed by atoms with Crippen LogP contribution >= 0.6 is 0 Å². The van der Waals surface area contributed by atoms with E-state index in [1.54, 1.807) is 18.5 Å². The zero-order valence-electron chi connectivity index (χ0n) is 7.18. The highest BCUT2D eigenvalue weighted by molar-refractivity contribution is 5.58. The summed E-state index contributed by atoms with van der Waals surface area (Å²) in [5.41, 5.74) is 1.94. The second-order valence-electron chi connectivity index (χ2n) is 2.61. The lowest BCUT2D eigenvalue weighted by molar-refractivity contribution is 1.18. The highest BCUT2D eigenvalue weighted by Gasteiger charge is 2.00. The minimum atomic E-state index is 0.508. The van der Waals surface area contributed by atoms with Crippen molar-refractivity contribution in [2.24, 2.45) is 0 Å². The van der Waals surface area contributed by atoms with Gasteiger partial charge in [0.05, 0.1) is 23.7 Å². The van der Waals surface area contributed by atoms with Crippen LogP contribution in [0.1, 0.15) is 5.56 Å². The van der Waals surface area contributed by atoms with Crippen molar-refractivity contribution >= 4 is 0 Å². The van der Waals surface area contributed by atoms with Crippen LogP contribution in [-0.2, 0) is 0 Å². The third-order valence-electron chi connectivity index (χ3n) is 1.68. The van der Waals surface area contributed by atoms with E-state index in [1.165, 1.54) is 12.4 Å². The lowest BCUT2D eigenvalue weighted by Gasteiger charge is -1.97. The van der Waals surface area contributed by atoms with Gasteiger partial charge in [-0.25, -0.2) is 4.98 Å². The molecular weight excluding hydrogens is 176 g/mol. The van der Waals surface area contributed by atoms with E-state index < -0.39 is 0 Å². The molecule has 0 bridgehead atoms. The van der Waals surface area contributed by atoms with E-state index in [2.05, 4.69) is 21.1 Å². The average molecular weight is 181 g/mol. The first-order valence-electron chi connectivity index (χ1n) is 3.94. The molecule has 0 N–H and O–H groups in total. The highest BCUT2D eigenvalue weighted by atomic mass is 14.8. The van der Waals surface area contributed by atoms with E-state index in [1.807, 2.05) is 6.07 Å². The van der Waals surface area contributed by atoms with Gasteiger partial charge in [0.1, 0.15) is 12.3 Å². The smallest absolute Gasteiger partial charge is 0.109 e. The van der Waals surface area contributed by atoms with Gasteiger partial charge in [-0.05, 0) is 6.07 Å². The number of nitrogens with zero attached hydrogens (tertiary/aromatic N) is 4. The molecule has 0 saturated heterocycles. The van der Waals surface area contributed by atoms with Crippen molar-refractivity contribution in [3.8, 4) is 17.3 Å². The van der Waals surface area contributed by atoms with Gasteiger partial charge in [-0.1, -0.05) is 0 Å². The van der Waals surface area contributed by atoms with Gasteiger partial charge in [-0.3, -0.25) is 9.97 Å². The second kappa shape index (κ2) is 3.62. The van der Waals surface area contributed by atoms with Gasteiger partial charge in [-0.15, -0.1) is 0 Å². The number of hydrogen-bond acceptors (Lipinski definition) is 4. The molecule has 0 saturated carbocycles. The highest BCUT2D eigenvalue weighted by Crippen LogP contribution is 2.14. The summed E-state index contributed by atoms with van der Waals surface area (Å²) in [6.07, 6.45) is 8.85. The maximum Gasteiger partial charge on any atom is 0.109 e. The number of rotatable bonds is 1. The van der Waals surface area contributed by atoms with E-state index >= 15 is 0 Å². The van der Waals surface area contributed by atoms with Crippen molar-refractivity contribution < 1.29 is 0 Å². The Bertz CT molecular complexity index is 473. The fourth-order valence-corrected chi connectivity index (χ4v) is 1.05. The Balaban J connectivity index is 2.49. The van der Waals surface area contributed by atoms with Crippen LogP contribution in [-0.4, -0.2) is 15.0 Å². The van der Waals surface area contributed by atoms with Crippen LogP contribution in [0.5, 0.6) is 0 Å². The predicted molar refractivity (Wildman–Crippen MR) is 48.8 cm³/mol. The van der Waals surface area contributed by atoms with Gasteiger partial charge in [0.15, 0.2) is 0 Å². The normalized spacial score (nSPS) is 9.36. The lowest BCUT2D eigenvalue weighted by Crippen LogP contribution is -1.87. The summed E-state index contributed by atoms with van der Waals surface area (Å²) in [6.45, 7) is 0. The minimum Gasteiger partial charge on any atom is -0.263 e. The molecule has 0 amide bonds. The molecule has 0 atom stereocenters. The first-order valence-corrected chi connectivity index (χ1v) is 3.94. The molecule has 0 aliphatic carbocycles. The van der Waals surface area contributed by atoms with Gasteiger partial charge in [0, 0.05) is 18.0 Å². The Morgan fingerprint density at radius 3 is 2.86 bits per heavy atom. The Labute approximate surface area is 80.9 Å². The summed E-state index contributed by atoms with van der Waals surface area (Å²) < 4.78 is 0. The van der Waals surface area contributed by atoms with E-state index in [0.29, 0.717) is 11.3 Å². The maximum absolute atomic E-state index is 8.68. The van der Waals surface area contributed by atoms with Gasteiger partial charge in [0.25, 0.3) is 0 Å². The summed E-state index contributed by atoms with van der Waals surface area (Å²) in [6, 6.07) is 3.73. The van der Waals surface area contributed by atoms with E-state index in [0.717, 1.165) is 5.56 Å². The van der Waals surface area contributed by atoms with Crippen molar-refractivity contribution in [3.63, 3.8) is 0 Å². The zero-order valence-corrected chi connectivity index (χ0v) is 7.18. The largest absolute Gasteiger partial charge is 0.263 e. The molecule has 0 spiro atoms. The molecule has 14 heavy (non-hydrogen) atoms. The van der Waals surface area contributed by atoms with E-state index in [9.17, 15) is 0 Å². The van der Waals surface area contributed by atoms with Crippen molar-refractivity contribution in [3.05, 3.63) is 42.6 Å². The summed E-state index contributed by atoms with van der Waals surface area (Å²) in [4.78, 5) is 11.8. The first kappa shape index (κ1) is 8.32. The van der Waals surface area contributed by atoms with Crippen molar-refractivity contribution in [1.82, 2.24) is 15.0 Å². The van der Waals surface area contributed by atoms with E-state index in [4.69, 9.17) is 5.26 Å².